The molecule has 58 heteroatoms. The zero-order valence-electron chi connectivity index (χ0n) is 71.5. The van der Waals surface area contributed by atoms with Crippen molar-refractivity contribution in [2.24, 2.45) is 0 Å². The second-order valence-corrected chi connectivity index (χ2v) is 33.6. The monoisotopic (exact) mass is 1930 g/mol. The van der Waals surface area contributed by atoms with Gasteiger partial charge >= 0.3 is 0 Å². The van der Waals surface area contributed by atoms with Crippen molar-refractivity contribution in [3.05, 3.63) is 0 Å². The normalized spacial score (nSPS) is 47.8. The molecule has 0 aromatic carbocycles. The van der Waals surface area contributed by atoms with Crippen LogP contribution in [0.25, 0.3) is 0 Å². The van der Waals surface area contributed by atoms with Gasteiger partial charge in [-0.05, 0) is 13.8 Å². The van der Waals surface area contributed by atoms with Crippen LogP contribution in [0.2, 0.25) is 0 Å². The standard InChI is InChI=1S/C74H126N4O54/c1-17-36(92)48(104)53(109)68(115-17)113-15-24(91)57(38(94)23(7-79)75-19(3)87)125-66-34(77-21(5)89)46(102)58(30(13-85)122-66)126-71-56(112)60(44(100)32(124-71)16-114-72-62(51(107)41(97)27(10-82)119-72)130-65-33(76-20(4)88)45(101)39(95)25(8-80)117-65)128-73-63(52(108)42(98)28(11-83)120-73)131-67-35(78-22(6)90)47(103)59(31(14-86)123-67)127-74-64(132-69-54(110)49(105)37(93)18(2)116-69)61(43(99)29(12-84)121-74)129-70-55(111)50(106)40(96)26(9-81)118-70/h17-18,23-74,79-86,91-112H,7-16H2,1-6H3,(H,75,87)(H,76,88)(H,77,89)(H,78,90)/t17-,18-,23-,24+,25+,26+,27+,28+,29+,30+,31+,32+,33+,34+,35+,36+,37+,38+,39+,40-,41+,42+,43-,44+,45+,46+,47+,48+,49+,50-,51-,52-,53-,54-,55+,56-,57+,58+,59+,60-,61-,62-,63-,64+,65-,66-,67-,68+,69-,70+,71-,72-,73+,74-/m0/s1. The molecule has 0 aromatic heterocycles. The van der Waals surface area contributed by atoms with E-state index >= 15 is 0 Å². The first kappa shape index (κ1) is 110. The molecule has 0 unspecified atom stereocenters. The van der Waals surface area contributed by atoms with E-state index < -0.39 is 421 Å². The Labute approximate surface area is 748 Å². The third kappa shape index (κ3) is 24.7. The van der Waals surface area contributed by atoms with E-state index in [1.807, 2.05) is 0 Å². The Bertz CT molecular complexity index is 3560. The number of aliphatic hydroxyl groups excluding tert-OH is 30. The molecule has 54 atom stereocenters. The molecule has 0 aliphatic carbocycles. The molecule has 0 saturated carbocycles. The first-order chi connectivity index (χ1) is 62.3. The molecule has 10 heterocycles. The first-order valence-electron chi connectivity index (χ1n) is 42.3. The van der Waals surface area contributed by atoms with Gasteiger partial charge in [0, 0.05) is 27.7 Å². The lowest BCUT2D eigenvalue weighted by Gasteiger charge is -2.52. The fourth-order valence-electron chi connectivity index (χ4n) is 16.8. The van der Waals surface area contributed by atoms with Crippen molar-refractivity contribution in [3.8, 4) is 0 Å². The SMILES string of the molecule is CC(=O)N[C@H]1[C@H](O[C@@H]([C@H](O)[C@H](CO)NC(C)=O)[C@H](O)CO[C@@H]2O[C@@H](C)[C@@H](O)[C@@H](O)[C@@H]2O)O[C@H](CO)[C@@H](O[C@@H]2O[C@H](CO[C@H]3O[C@H](CO)[C@@H](O)[C@H](O)[C@@H]3O[C@@H]3O[C@H](CO)[C@@H](O)[C@H](O)[C@H]3NC(C)=O)[C@@H](O)[C@H](O[C@H]3O[C@H](CO)[C@@H](O)[C@H](O)[C@@H]3O[C@@H]3O[C@H](CO)[C@@H](O[C@@H]4O[C@H](CO)[C@H](O)[C@H](O[C@H]5O[C@H](CO)[C@H](O)[C@H](O)[C@H]5O)[C@H]4O[C@@H]4O[C@@H](C)[C@@H](O)[C@@H](O)[C@@H]4O)[C@H](O)[C@H]3NC(C)=O)[C@@H]2O)[C@@H]1O. The van der Waals surface area contributed by atoms with Crippen LogP contribution in [-0.2, 0) is 114 Å². The maximum absolute atomic E-state index is 13.4. The van der Waals surface area contributed by atoms with E-state index in [1.165, 1.54) is 13.8 Å². The highest BCUT2D eigenvalue weighted by molar-refractivity contribution is 5.74. The molecule has 0 radical (unpaired) electrons. The third-order valence-electron chi connectivity index (χ3n) is 24.2. The number of carbonyl (C=O) groups excluding carboxylic acids is 4. The molecule has 0 spiro atoms. The number of carbonyl (C=O) groups is 4. The predicted molar refractivity (Wildman–Crippen MR) is 408 cm³/mol. The van der Waals surface area contributed by atoms with Crippen LogP contribution in [0.3, 0.4) is 0 Å². The number of hydrogen-bond acceptors (Lipinski definition) is 54. The van der Waals surface area contributed by atoms with E-state index in [2.05, 4.69) is 21.3 Å². The fourth-order valence-corrected chi connectivity index (χ4v) is 16.8. The van der Waals surface area contributed by atoms with Crippen LogP contribution in [0.1, 0.15) is 41.5 Å². The molecule has 4 amide bonds. The maximum Gasteiger partial charge on any atom is 0.217 e. The second kappa shape index (κ2) is 48.4. The minimum Gasteiger partial charge on any atom is -0.394 e. The molecule has 132 heavy (non-hydrogen) atoms. The summed E-state index contributed by atoms with van der Waals surface area (Å²) in [5.41, 5.74) is 0. The molecule has 10 aliphatic rings. The Balaban J connectivity index is 0.998. The van der Waals surface area contributed by atoms with Crippen LogP contribution in [0.15, 0.2) is 0 Å². The number of rotatable bonds is 37. The Kier molecular flexibility index (Phi) is 40.3. The van der Waals surface area contributed by atoms with Crippen molar-refractivity contribution in [3.63, 3.8) is 0 Å². The van der Waals surface area contributed by atoms with Crippen LogP contribution in [-0.4, -0.2) is 574 Å². The minimum atomic E-state index is -2.68. The van der Waals surface area contributed by atoms with Gasteiger partial charge in [-0.2, -0.15) is 0 Å². The van der Waals surface area contributed by atoms with Crippen molar-refractivity contribution in [2.75, 3.05) is 66.1 Å². The molecule has 10 saturated heterocycles. The second-order valence-electron chi connectivity index (χ2n) is 33.6. The third-order valence-corrected chi connectivity index (χ3v) is 24.2. The van der Waals surface area contributed by atoms with Crippen LogP contribution < -0.4 is 21.3 Å². The Morgan fingerprint density at radius 1 is 0.280 bits per heavy atom. The largest absolute Gasteiger partial charge is 0.394 e. The van der Waals surface area contributed by atoms with E-state index in [-0.39, 0.29) is 0 Å². The highest BCUT2D eigenvalue weighted by atomic mass is 16.8. The number of amides is 4. The van der Waals surface area contributed by atoms with Crippen LogP contribution >= 0.6 is 0 Å². The molecule has 766 valence electrons. The van der Waals surface area contributed by atoms with Gasteiger partial charge in [0.25, 0.3) is 0 Å². The summed E-state index contributed by atoms with van der Waals surface area (Å²) in [6.45, 7) is -5.52. The predicted octanol–water partition coefficient (Wildman–Crippen LogP) is -22.7. The highest BCUT2D eigenvalue weighted by Gasteiger charge is 2.62. The number of aliphatic hydroxyl groups is 30. The van der Waals surface area contributed by atoms with Gasteiger partial charge in [0.1, 0.15) is 250 Å². The Morgan fingerprint density at radius 3 is 1.08 bits per heavy atom. The summed E-state index contributed by atoms with van der Waals surface area (Å²) < 4.78 is 120. The average molecular weight is 1940 g/mol. The van der Waals surface area contributed by atoms with Crippen LogP contribution in [0.5, 0.6) is 0 Å². The van der Waals surface area contributed by atoms with Gasteiger partial charge in [-0.25, -0.2) is 0 Å². The summed E-state index contributed by atoms with van der Waals surface area (Å²) >= 11 is 0. The molecule has 0 bridgehead atoms. The van der Waals surface area contributed by atoms with Crippen molar-refractivity contribution in [1.82, 2.24) is 21.3 Å². The topological polar surface area (TPSA) is 908 Å². The zero-order valence-corrected chi connectivity index (χ0v) is 71.5. The van der Waals surface area contributed by atoms with Crippen LogP contribution in [0, 0.1) is 0 Å². The lowest BCUT2D eigenvalue weighted by atomic mass is 9.94. The summed E-state index contributed by atoms with van der Waals surface area (Å²) in [5, 5.41) is 347. The van der Waals surface area contributed by atoms with E-state index in [0.29, 0.717) is 0 Å². The number of nitrogens with one attached hydrogen (secondary N) is 4. The number of hydrogen-bond donors (Lipinski definition) is 34. The van der Waals surface area contributed by atoms with Gasteiger partial charge in [-0.3, -0.25) is 19.2 Å². The van der Waals surface area contributed by atoms with E-state index in [9.17, 15) is 172 Å². The average Bonchev–Trinajstić information content (AvgIpc) is 0.897. The summed E-state index contributed by atoms with van der Waals surface area (Å²) in [6.07, 6.45) is -107. The summed E-state index contributed by atoms with van der Waals surface area (Å²) in [5.74, 6) is -3.88. The zero-order chi connectivity index (χ0) is 97.5. The van der Waals surface area contributed by atoms with E-state index in [0.717, 1.165) is 27.7 Å². The molecule has 10 aliphatic heterocycles. The van der Waals surface area contributed by atoms with Crippen molar-refractivity contribution in [2.45, 2.75) is 373 Å². The summed E-state index contributed by atoms with van der Waals surface area (Å²) in [6, 6.07) is -7.82. The lowest BCUT2D eigenvalue weighted by Crippen LogP contribution is -2.71. The molecule has 34 N–H and O–H groups in total. The van der Waals surface area contributed by atoms with Crippen molar-refractivity contribution < 1.29 is 267 Å². The molecule has 10 fully saturated rings. The van der Waals surface area contributed by atoms with E-state index in [1.54, 1.807) is 0 Å². The van der Waals surface area contributed by atoms with Gasteiger partial charge in [-0.1, -0.05) is 0 Å². The fraction of sp³-hybridized carbons (Fsp3) is 0.946. The van der Waals surface area contributed by atoms with Gasteiger partial charge in [0.15, 0.2) is 62.9 Å². The molecule has 0 aromatic rings. The Hall–Kier alpha value is -4.12. The van der Waals surface area contributed by atoms with Gasteiger partial charge in [0.2, 0.25) is 23.6 Å². The van der Waals surface area contributed by atoms with Gasteiger partial charge in [0.05, 0.1) is 84.3 Å². The molecular weight excluding hydrogens is 1810 g/mol. The number of ether oxygens (including phenoxy) is 20. The summed E-state index contributed by atoms with van der Waals surface area (Å²) in [7, 11) is 0. The quantitative estimate of drug-likeness (QED) is 0.0275. The van der Waals surface area contributed by atoms with Gasteiger partial charge < -0.3 is 269 Å². The van der Waals surface area contributed by atoms with Crippen LogP contribution in [0.4, 0.5) is 0 Å². The van der Waals surface area contributed by atoms with Gasteiger partial charge in [-0.15, -0.1) is 0 Å². The van der Waals surface area contributed by atoms with Crippen molar-refractivity contribution in [1.29, 1.82) is 0 Å². The van der Waals surface area contributed by atoms with Crippen molar-refractivity contribution >= 4 is 23.6 Å². The molecule has 10 rings (SSSR count). The molecular formula is C74H126N4O54. The Morgan fingerprint density at radius 2 is 0.606 bits per heavy atom. The highest BCUT2D eigenvalue weighted by Crippen LogP contribution is 2.42. The first-order valence-corrected chi connectivity index (χ1v) is 42.3. The summed E-state index contributed by atoms with van der Waals surface area (Å²) in [4.78, 5) is 51.7. The molecule has 58 nitrogen and oxygen atoms in total. The van der Waals surface area contributed by atoms with E-state index in [4.69, 9.17) is 94.7 Å². The lowest BCUT2D eigenvalue weighted by molar-refractivity contribution is -0.408. The minimum absolute atomic E-state index is 0.868. The smallest absolute Gasteiger partial charge is 0.217 e. The maximum atomic E-state index is 13.4.